The fourth-order valence-corrected chi connectivity index (χ4v) is 3.44. The Morgan fingerprint density at radius 2 is 1.88 bits per heavy atom. The molecule has 0 unspecified atom stereocenters. The van der Waals surface area contributed by atoms with Crippen LogP contribution >= 0.6 is 0 Å². The van der Waals surface area contributed by atoms with Crippen LogP contribution < -0.4 is 0 Å². The molecule has 0 amide bonds. The molecule has 0 saturated carbocycles. The van der Waals surface area contributed by atoms with Gasteiger partial charge in [-0.05, 0) is 40.0 Å². The number of aliphatic hydroxyl groups excluding tert-OH is 1. The minimum absolute atomic E-state index is 0.0358. The highest BCUT2D eigenvalue weighted by Gasteiger charge is 2.43. The van der Waals surface area contributed by atoms with E-state index in [9.17, 15) is 9.00 Å². The van der Waals surface area contributed by atoms with Crippen LogP contribution in [-0.2, 0) is 20.3 Å². The Labute approximate surface area is 105 Å². The first-order valence-corrected chi connectivity index (χ1v) is 7.47. The van der Waals surface area contributed by atoms with Crippen molar-refractivity contribution >= 4 is 16.8 Å². The van der Waals surface area contributed by atoms with Gasteiger partial charge in [0.15, 0.2) is 0 Å². The highest BCUT2D eigenvalue weighted by molar-refractivity contribution is 7.85. The number of hydrogen-bond acceptors (Lipinski definition) is 4. The summed E-state index contributed by atoms with van der Waals surface area (Å²) < 4.78 is 16.8. The van der Waals surface area contributed by atoms with E-state index in [4.69, 9.17) is 9.84 Å². The second-order valence-corrected chi connectivity index (χ2v) is 7.30. The first-order chi connectivity index (χ1) is 7.79. The van der Waals surface area contributed by atoms with Gasteiger partial charge in [-0.2, -0.15) is 0 Å². The molecule has 0 aromatic carbocycles. The number of carbonyl (C=O) groups is 1. The lowest BCUT2D eigenvalue weighted by Gasteiger charge is -2.36. The zero-order chi connectivity index (χ0) is 13.1. The Balaban J connectivity index is 2.77. The average molecular weight is 262 g/mol. The van der Waals surface area contributed by atoms with Crippen LogP contribution in [0.5, 0.6) is 0 Å². The van der Waals surface area contributed by atoms with Crippen molar-refractivity contribution in [2.45, 2.75) is 45.6 Å². The van der Waals surface area contributed by atoms with Gasteiger partial charge in [0.2, 0.25) is 0 Å². The van der Waals surface area contributed by atoms with E-state index in [1.807, 2.05) is 20.8 Å². The molecule has 1 rings (SSSR count). The predicted molar refractivity (Wildman–Crippen MR) is 67.1 cm³/mol. The minimum atomic E-state index is -0.819. The number of carbonyl (C=O) groups excluding carboxylic acids is 1. The number of ether oxygens (including phenoxy) is 1. The molecule has 1 heterocycles. The third-order valence-corrected chi connectivity index (χ3v) is 4.36. The monoisotopic (exact) mass is 262 g/mol. The van der Waals surface area contributed by atoms with E-state index in [0.29, 0.717) is 30.8 Å². The van der Waals surface area contributed by atoms with Crippen molar-refractivity contribution in [3.63, 3.8) is 0 Å². The summed E-state index contributed by atoms with van der Waals surface area (Å²) in [5.74, 6) is 0.800. The maximum absolute atomic E-state index is 12.2. The van der Waals surface area contributed by atoms with Gasteiger partial charge in [0.25, 0.3) is 0 Å². The van der Waals surface area contributed by atoms with Crippen LogP contribution in [0.15, 0.2) is 0 Å². The highest BCUT2D eigenvalue weighted by Crippen LogP contribution is 2.37. The van der Waals surface area contributed by atoms with Crippen LogP contribution in [-0.4, -0.2) is 39.0 Å². The standard InChI is InChI=1S/C12H22O4S/c1-11(2,3)16-10(14)12(4-7-13)5-8-17(15)9-6-12/h13H,4-9H2,1-3H3. The van der Waals surface area contributed by atoms with Crippen molar-refractivity contribution in [3.05, 3.63) is 0 Å². The zero-order valence-corrected chi connectivity index (χ0v) is 11.6. The number of aliphatic hydroxyl groups is 1. The van der Waals surface area contributed by atoms with Crippen molar-refractivity contribution < 1.29 is 18.8 Å². The predicted octanol–water partition coefficient (Wildman–Crippen LogP) is 1.24. The van der Waals surface area contributed by atoms with Crippen LogP contribution in [0.25, 0.3) is 0 Å². The molecular formula is C12H22O4S. The maximum Gasteiger partial charge on any atom is 0.312 e. The van der Waals surface area contributed by atoms with Gasteiger partial charge >= 0.3 is 5.97 Å². The molecule has 1 aliphatic rings. The molecule has 17 heavy (non-hydrogen) atoms. The van der Waals surface area contributed by atoms with Crippen LogP contribution in [0, 0.1) is 5.41 Å². The molecule has 0 aromatic heterocycles. The van der Waals surface area contributed by atoms with E-state index in [2.05, 4.69) is 0 Å². The van der Waals surface area contributed by atoms with Crippen molar-refractivity contribution in [2.75, 3.05) is 18.1 Å². The molecule has 1 aliphatic heterocycles. The third-order valence-electron chi connectivity index (χ3n) is 3.04. The molecule has 0 bridgehead atoms. The lowest BCUT2D eigenvalue weighted by atomic mass is 9.79. The molecule has 0 atom stereocenters. The summed E-state index contributed by atoms with van der Waals surface area (Å²) in [4.78, 5) is 12.2. The van der Waals surface area contributed by atoms with E-state index in [0.717, 1.165) is 0 Å². The molecule has 0 aliphatic carbocycles. The van der Waals surface area contributed by atoms with Crippen molar-refractivity contribution in [1.82, 2.24) is 0 Å². The van der Waals surface area contributed by atoms with Crippen LogP contribution in [0.2, 0.25) is 0 Å². The fraction of sp³-hybridized carbons (Fsp3) is 0.917. The van der Waals surface area contributed by atoms with Gasteiger partial charge < -0.3 is 9.84 Å². The van der Waals surface area contributed by atoms with Gasteiger partial charge in [-0.25, -0.2) is 0 Å². The van der Waals surface area contributed by atoms with E-state index < -0.39 is 21.8 Å². The van der Waals surface area contributed by atoms with E-state index >= 15 is 0 Å². The molecule has 1 saturated heterocycles. The van der Waals surface area contributed by atoms with Gasteiger partial charge in [-0.1, -0.05) is 0 Å². The Morgan fingerprint density at radius 1 is 1.35 bits per heavy atom. The number of hydrogen-bond donors (Lipinski definition) is 1. The quantitative estimate of drug-likeness (QED) is 0.777. The molecule has 100 valence electrons. The van der Waals surface area contributed by atoms with Gasteiger partial charge in [0, 0.05) is 28.9 Å². The lowest BCUT2D eigenvalue weighted by molar-refractivity contribution is -0.169. The SMILES string of the molecule is CC(C)(C)OC(=O)C1(CCO)CCS(=O)CC1. The number of rotatable bonds is 3. The molecule has 1 fully saturated rings. The lowest BCUT2D eigenvalue weighted by Crippen LogP contribution is -2.43. The summed E-state index contributed by atoms with van der Waals surface area (Å²) in [5.41, 5.74) is -1.15. The smallest absolute Gasteiger partial charge is 0.312 e. The van der Waals surface area contributed by atoms with Gasteiger partial charge in [0.1, 0.15) is 5.60 Å². The molecule has 0 spiro atoms. The van der Waals surface area contributed by atoms with E-state index in [1.165, 1.54) is 0 Å². The Kier molecular flexibility index (Phi) is 4.72. The molecular weight excluding hydrogens is 240 g/mol. The van der Waals surface area contributed by atoms with Gasteiger partial charge in [-0.15, -0.1) is 0 Å². The summed E-state index contributed by atoms with van der Waals surface area (Å²) in [6, 6.07) is 0. The van der Waals surface area contributed by atoms with Crippen molar-refractivity contribution in [2.24, 2.45) is 5.41 Å². The molecule has 0 radical (unpaired) electrons. The topological polar surface area (TPSA) is 63.6 Å². The van der Waals surface area contributed by atoms with E-state index in [-0.39, 0.29) is 12.6 Å². The fourth-order valence-electron chi connectivity index (χ4n) is 2.00. The summed E-state index contributed by atoms with van der Waals surface area (Å²) in [6.45, 7) is 5.46. The number of esters is 1. The van der Waals surface area contributed by atoms with Crippen LogP contribution in [0.4, 0.5) is 0 Å². The average Bonchev–Trinajstić information content (AvgIpc) is 2.19. The zero-order valence-electron chi connectivity index (χ0n) is 10.8. The van der Waals surface area contributed by atoms with Gasteiger partial charge in [0.05, 0.1) is 5.41 Å². The highest BCUT2D eigenvalue weighted by atomic mass is 32.2. The first-order valence-electron chi connectivity index (χ1n) is 5.98. The van der Waals surface area contributed by atoms with Crippen LogP contribution in [0.3, 0.4) is 0 Å². The van der Waals surface area contributed by atoms with Crippen LogP contribution in [0.1, 0.15) is 40.0 Å². The Morgan fingerprint density at radius 3 is 2.29 bits per heavy atom. The summed E-state index contributed by atoms with van der Waals surface area (Å²) >= 11 is 0. The second kappa shape index (κ2) is 5.48. The van der Waals surface area contributed by atoms with Gasteiger partial charge in [-0.3, -0.25) is 9.00 Å². The summed E-state index contributed by atoms with van der Waals surface area (Å²) in [5, 5.41) is 9.11. The minimum Gasteiger partial charge on any atom is -0.460 e. The Bertz CT molecular complexity index is 296. The van der Waals surface area contributed by atoms with Crippen molar-refractivity contribution in [1.29, 1.82) is 0 Å². The molecule has 4 nitrogen and oxygen atoms in total. The summed E-state index contributed by atoms with van der Waals surface area (Å²) in [7, 11) is -0.819. The largest absolute Gasteiger partial charge is 0.460 e. The Hall–Kier alpha value is -0.420. The molecule has 0 aromatic rings. The second-order valence-electron chi connectivity index (χ2n) is 5.60. The summed E-state index contributed by atoms with van der Waals surface area (Å²) in [6.07, 6.45) is 1.50. The van der Waals surface area contributed by atoms with Crippen molar-refractivity contribution in [3.8, 4) is 0 Å². The molecule has 5 heteroatoms. The van der Waals surface area contributed by atoms with E-state index in [1.54, 1.807) is 0 Å². The first kappa shape index (κ1) is 14.6. The third kappa shape index (κ3) is 4.07. The maximum atomic E-state index is 12.2. The normalized spacial score (nSPS) is 30.0. The molecule has 1 N–H and O–H groups in total.